The maximum atomic E-state index is 13.6. The molecule has 0 spiro atoms. The number of rotatable bonds is 3. The van der Waals surface area contributed by atoms with Crippen molar-refractivity contribution in [2.75, 3.05) is 17.5 Å². The standard InChI is InChI=1S/C21H15F4NO3S/c22-17-5-1-3-14(11-17)15-7-8-20-19(12-15)26(9-10-29-20)30(27,28)18-6-2-4-16(13-18)21(23,24)25/h1-8,11-13H,9-10H2. The lowest BCUT2D eigenvalue weighted by Gasteiger charge is -2.31. The smallest absolute Gasteiger partial charge is 0.416 e. The minimum Gasteiger partial charge on any atom is -0.489 e. The number of hydrogen-bond acceptors (Lipinski definition) is 3. The van der Waals surface area contributed by atoms with Crippen LogP contribution in [-0.2, 0) is 16.2 Å². The van der Waals surface area contributed by atoms with Crippen LogP contribution in [0.1, 0.15) is 5.56 Å². The molecule has 3 aromatic rings. The second kappa shape index (κ2) is 7.32. The van der Waals surface area contributed by atoms with E-state index in [9.17, 15) is 26.0 Å². The monoisotopic (exact) mass is 437 g/mol. The van der Waals surface area contributed by atoms with Gasteiger partial charge >= 0.3 is 6.18 Å². The van der Waals surface area contributed by atoms with Gasteiger partial charge in [0.15, 0.2) is 0 Å². The zero-order valence-corrected chi connectivity index (χ0v) is 16.2. The fourth-order valence-electron chi connectivity index (χ4n) is 3.25. The fraction of sp³-hybridized carbons (Fsp3) is 0.143. The van der Waals surface area contributed by atoms with Crippen molar-refractivity contribution in [1.82, 2.24) is 0 Å². The van der Waals surface area contributed by atoms with E-state index in [0.717, 1.165) is 22.5 Å². The normalized spacial score (nSPS) is 14.2. The van der Waals surface area contributed by atoms with Crippen molar-refractivity contribution in [2.24, 2.45) is 0 Å². The minimum atomic E-state index is -4.67. The van der Waals surface area contributed by atoms with Gasteiger partial charge in [-0.25, -0.2) is 12.8 Å². The van der Waals surface area contributed by atoms with E-state index in [2.05, 4.69) is 0 Å². The van der Waals surface area contributed by atoms with Gasteiger partial charge in [-0.15, -0.1) is 0 Å². The van der Waals surface area contributed by atoms with Gasteiger partial charge in [0.25, 0.3) is 10.0 Å². The molecule has 1 aliphatic heterocycles. The number of ether oxygens (including phenoxy) is 1. The molecule has 0 fully saturated rings. The number of nitrogens with zero attached hydrogens (tertiary/aromatic N) is 1. The summed E-state index contributed by atoms with van der Waals surface area (Å²) in [6.45, 7) is -0.0251. The molecule has 0 saturated carbocycles. The van der Waals surface area contributed by atoms with E-state index in [4.69, 9.17) is 4.74 Å². The van der Waals surface area contributed by atoms with Crippen LogP contribution in [0, 0.1) is 5.82 Å². The Kier molecular flexibility index (Phi) is 4.93. The number of sulfonamides is 1. The summed E-state index contributed by atoms with van der Waals surface area (Å²) in [6, 6.07) is 14.1. The first-order chi connectivity index (χ1) is 14.2. The third kappa shape index (κ3) is 3.72. The molecule has 1 aliphatic rings. The molecule has 4 rings (SSSR count). The van der Waals surface area contributed by atoms with E-state index in [1.807, 2.05) is 0 Å². The number of fused-ring (bicyclic) bond motifs is 1. The van der Waals surface area contributed by atoms with Crippen LogP contribution in [0.5, 0.6) is 5.75 Å². The van der Waals surface area contributed by atoms with E-state index < -0.39 is 32.5 Å². The molecule has 9 heteroatoms. The molecule has 3 aromatic carbocycles. The van der Waals surface area contributed by atoms with Crippen LogP contribution in [0.15, 0.2) is 71.6 Å². The predicted molar refractivity (Wildman–Crippen MR) is 103 cm³/mol. The highest BCUT2D eigenvalue weighted by atomic mass is 32.2. The number of anilines is 1. The number of benzene rings is 3. The first-order valence-electron chi connectivity index (χ1n) is 8.89. The van der Waals surface area contributed by atoms with E-state index in [-0.39, 0.29) is 24.6 Å². The van der Waals surface area contributed by atoms with Crippen molar-refractivity contribution in [3.63, 3.8) is 0 Å². The topological polar surface area (TPSA) is 46.6 Å². The van der Waals surface area contributed by atoms with Gasteiger partial charge < -0.3 is 4.74 Å². The third-order valence-electron chi connectivity index (χ3n) is 4.69. The third-order valence-corrected chi connectivity index (χ3v) is 6.50. The largest absolute Gasteiger partial charge is 0.489 e. The van der Waals surface area contributed by atoms with Gasteiger partial charge in [0.05, 0.1) is 22.7 Å². The maximum absolute atomic E-state index is 13.6. The quantitative estimate of drug-likeness (QED) is 0.536. The number of halogens is 4. The van der Waals surface area contributed by atoms with Gasteiger partial charge in [0.2, 0.25) is 0 Å². The Bertz CT molecular complexity index is 1210. The Morgan fingerprint density at radius 3 is 2.37 bits per heavy atom. The highest BCUT2D eigenvalue weighted by molar-refractivity contribution is 7.92. The van der Waals surface area contributed by atoms with E-state index in [1.54, 1.807) is 18.2 Å². The van der Waals surface area contributed by atoms with Crippen molar-refractivity contribution < 1.29 is 30.7 Å². The first-order valence-corrected chi connectivity index (χ1v) is 10.3. The lowest BCUT2D eigenvalue weighted by Crippen LogP contribution is -2.38. The Hall–Kier alpha value is -3.07. The van der Waals surface area contributed by atoms with Crippen molar-refractivity contribution in [2.45, 2.75) is 11.1 Å². The Morgan fingerprint density at radius 2 is 1.63 bits per heavy atom. The number of hydrogen-bond donors (Lipinski definition) is 0. The molecule has 0 saturated heterocycles. The molecule has 1 heterocycles. The molecule has 0 amide bonds. The molecule has 4 nitrogen and oxygen atoms in total. The molecule has 0 atom stereocenters. The molecule has 0 radical (unpaired) electrons. The van der Waals surface area contributed by atoms with Crippen molar-refractivity contribution >= 4 is 15.7 Å². The van der Waals surface area contributed by atoms with Crippen LogP contribution in [0.3, 0.4) is 0 Å². The van der Waals surface area contributed by atoms with Crippen LogP contribution < -0.4 is 9.04 Å². The van der Waals surface area contributed by atoms with Crippen LogP contribution in [0.4, 0.5) is 23.2 Å². The first kappa shape index (κ1) is 20.2. The highest BCUT2D eigenvalue weighted by Gasteiger charge is 2.34. The van der Waals surface area contributed by atoms with Crippen LogP contribution in [0.2, 0.25) is 0 Å². The van der Waals surface area contributed by atoms with E-state index in [1.165, 1.54) is 24.3 Å². The summed E-state index contributed by atoms with van der Waals surface area (Å²) in [7, 11) is -4.29. The summed E-state index contributed by atoms with van der Waals surface area (Å²) in [5.74, 6) is -0.174. The van der Waals surface area contributed by atoms with E-state index >= 15 is 0 Å². The minimum absolute atomic E-state index is 0.0461. The molecular formula is C21H15F4NO3S. The predicted octanol–water partition coefficient (Wildman–Crippen LogP) is 5.10. The van der Waals surface area contributed by atoms with Gasteiger partial charge in [0.1, 0.15) is 18.2 Å². The second-order valence-corrected chi connectivity index (χ2v) is 8.51. The van der Waals surface area contributed by atoms with Gasteiger partial charge in [-0.3, -0.25) is 4.31 Å². The average Bonchev–Trinajstić information content (AvgIpc) is 2.72. The average molecular weight is 437 g/mol. The van der Waals surface area contributed by atoms with E-state index in [0.29, 0.717) is 17.2 Å². The zero-order valence-electron chi connectivity index (χ0n) is 15.4. The zero-order chi connectivity index (χ0) is 21.5. The second-order valence-electron chi connectivity index (χ2n) is 6.64. The summed E-state index contributed by atoms with van der Waals surface area (Å²) < 4.78 is 85.6. The Morgan fingerprint density at radius 1 is 0.900 bits per heavy atom. The van der Waals surface area contributed by atoms with Crippen LogP contribution in [0.25, 0.3) is 11.1 Å². The lowest BCUT2D eigenvalue weighted by atomic mass is 10.0. The molecule has 0 aromatic heterocycles. The molecular weight excluding hydrogens is 422 g/mol. The Labute approximate surface area is 170 Å². The summed E-state index contributed by atoms with van der Waals surface area (Å²) in [6.07, 6.45) is -4.67. The van der Waals surface area contributed by atoms with Gasteiger partial charge in [0, 0.05) is 0 Å². The summed E-state index contributed by atoms with van der Waals surface area (Å²) in [5.41, 5.74) is 0.203. The maximum Gasteiger partial charge on any atom is 0.416 e. The Balaban J connectivity index is 1.80. The van der Waals surface area contributed by atoms with Gasteiger partial charge in [-0.05, 0) is 53.6 Å². The van der Waals surface area contributed by atoms with Crippen molar-refractivity contribution in [1.29, 1.82) is 0 Å². The summed E-state index contributed by atoms with van der Waals surface area (Å²) in [4.78, 5) is -0.471. The molecule has 0 unspecified atom stereocenters. The molecule has 0 bridgehead atoms. The van der Waals surface area contributed by atoms with Gasteiger partial charge in [-0.2, -0.15) is 13.2 Å². The molecule has 0 aliphatic carbocycles. The molecule has 156 valence electrons. The SMILES string of the molecule is O=S(=O)(c1cccc(C(F)(F)F)c1)N1CCOc2ccc(-c3cccc(F)c3)cc21. The van der Waals surface area contributed by atoms with Crippen LogP contribution >= 0.6 is 0 Å². The van der Waals surface area contributed by atoms with Crippen molar-refractivity contribution in [3.8, 4) is 16.9 Å². The molecule has 0 N–H and O–H groups in total. The lowest BCUT2D eigenvalue weighted by molar-refractivity contribution is -0.137. The van der Waals surface area contributed by atoms with Gasteiger partial charge in [-0.1, -0.05) is 24.3 Å². The summed E-state index contributed by atoms with van der Waals surface area (Å²) >= 11 is 0. The molecule has 30 heavy (non-hydrogen) atoms. The highest BCUT2D eigenvalue weighted by Crippen LogP contribution is 2.39. The van der Waals surface area contributed by atoms with Crippen molar-refractivity contribution in [3.05, 3.63) is 78.1 Å². The summed E-state index contributed by atoms with van der Waals surface area (Å²) in [5, 5.41) is 0. The fourth-order valence-corrected chi connectivity index (χ4v) is 4.75. The van der Waals surface area contributed by atoms with Crippen LogP contribution in [-0.4, -0.2) is 21.6 Å². The number of alkyl halides is 3.